The fourth-order valence-corrected chi connectivity index (χ4v) is 2.77. The second-order valence-electron chi connectivity index (χ2n) is 5.75. The second kappa shape index (κ2) is 16.8. The summed E-state index contributed by atoms with van der Waals surface area (Å²) >= 11 is 0. The van der Waals surface area contributed by atoms with Crippen molar-refractivity contribution in [1.82, 2.24) is 0 Å². The van der Waals surface area contributed by atoms with Gasteiger partial charge in [-0.3, -0.25) is 4.18 Å². The number of hydrogen-bond donors (Lipinski definition) is 0. The van der Waals surface area contributed by atoms with E-state index in [9.17, 15) is 17.8 Å². The summed E-state index contributed by atoms with van der Waals surface area (Å²) in [5, 5.41) is 0. The Hall–Kier alpha value is 0.340. The minimum atomic E-state index is -4.89. The molecule has 0 aliphatic carbocycles. The number of hydrogen-bond acceptors (Lipinski definition) is 6. The Morgan fingerprint density at radius 2 is 1.38 bits per heavy atom. The van der Waals surface area contributed by atoms with Crippen LogP contribution in [0.4, 0.5) is 0 Å². The smallest absolute Gasteiger partial charge is 0.726 e. The first kappa shape index (κ1) is 26.6. The van der Waals surface area contributed by atoms with E-state index in [1.54, 1.807) is 6.92 Å². The Morgan fingerprint density at radius 1 is 0.917 bits per heavy atom. The molecule has 138 valence electrons. The molecule has 0 bridgehead atoms. The third kappa shape index (κ3) is 17.2. The van der Waals surface area contributed by atoms with Crippen LogP contribution in [-0.4, -0.2) is 31.7 Å². The van der Waals surface area contributed by atoms with E-state index in [4.69, 9.17) is 4.74 Å². The number of ether oxygens (including phenoxy) is 1. The van der Waals surface area contributed by atoms with Crippen LogP contribution in [0, 0.1) is 0 Å². The summed E-state index contributed by atoms with van der Waals surface area (Å²) in [5.41, 5.74) is 0. The SMILES string of the molecule is CCCCCCCCCCCCOC(=O)C(CC)OS(=O)(=O)[O-].[Na+]. The largest absolute Gasteiger partial charge is 1.00 e. The quantitative estimate of drug-likeness (QED) is 0.138. The van der Waals surface area contributed by atoms with E-state index in [1.165, 1.54) is 44.9 Å². The molecule has 0 spiro atoms. The average molecular weight is 374 g/mol. The molecule has 0 aromatic heterocycles. The van der Waals surface area contributed by atoms with Crippen LogP contribution >= 0.6 is 0 Å². The zero-order valence-electron chi connectivity index (χ0n) is 15.4. The summed E-state index contributed by atoms with van der Waals surface area (Å²) < 4.78 is 40.5. The zero-order valence-corrected chi connectivity index (χ0v) is 18.2. The number of esters is 1. The Kier molecular flexibility index (Phi) is 18.6. The summed E-state index contributed by atoms with van der Waals surface area (Å²) in [6.07, 6.45) is 10.5. The molecule has 0 amide bonds. The van der Waals surface area contributed by atoms with E-state index in [-0.39, 0.29) is 42.6 Å². The van der Waals surface area contributed by atoms with E-state index in [2.05, 4.69) is 11.1 Å². The van der Waals surface area contributed by atoms with Gasteiger partial charge in [0.15, 0.2) is 6.10 Å². The minimum absolute atomic E-state index is 0. The van der Waals surface area contributed by atoms with Crippen molar-refractivity contribution >= 4 is 16.4 Å². The van der Waals surface area contributed by atoms with Crippen LogP contribution in [0.2, 0.25) is 0 Å². The van der Waals surface area contributed by atoms with Crippen LogP contribution in [0.15, 0.2) is 0 Å². The van der Waals surface area contributed by atoms with Gasteiger partial charge in [-0.05, 0) is 12.8 Å². The Balaban J connectivity index is 0. The molecule has 0 saturated heterocycles. The third-order valence-corrected chi connectivity index (χ3v) is 4.08. The fourth-order valence-electron chi connectivity index (χ4n) is 2.27. The van der Waals surface area contributed by atoms with Crippen molar-refractivity contribution in [1.29, 1.82) is 0 Å². The molecule has 6 nitrogen and oxygen atoms in total. The van der Waals surface area contributed by atoms with Gasteiger partial charge in [-0.15, -0.1) is 0 Å². The van der Waals surface area contributed by atoms with Gasteiger partial charge in [0.25, 0.3) is 0 Å². The van der Waals surface area contributed by atoms with E-state index in [1.807, 2.05) is 0 Å². The molecule has 0 aromatic rings. The fraction of sp³-hybridized carbons (Fsp3) is 0.938. The van der Waals surface area contributed by atoms with Gasteiger partial charge in [-0.2, -0.15) is 0 Å². The molecule has 0 N–H and O–H groups in total. The topological polar surface area (TPSA) is 92.7 Å². The molecule has 0 saturated carbocycles. The van der Waals surface area contributed by atoms with E-state index >= 15 is 0 Å². The van der Waals surface area contributed by atoms with E-state index in [0.717, 1.165) is 19.3 Å². The first-order valence-corrected chi connectivity index (χ1v) is 10.0. The standard InChI is InChI=1S/C16H32O6S.Na/c1-3-5-6-7-8-9-10-11-12-13-14-21-16(17)15(4-2)22-23(18,19)20;/h15H,3-14H2,1-2H3,(H,18,19,20);/q;+1/p-1. The van der Waals surface area contributed by atoms with Gasteiger partial charge in [0.2, 0.25) is 10.4 Å². The predicted molar refractivity (Wildman–Crippen MR) is 87.7 cm³/mol. The summed E-state index contributed by atoms with van der Waals surface area (Å²) in [5.74, 6) is -0.789. The Bertz CT molecular complexity index is 399. The Morgan fingerprint density at radius 3 is 1.79 bits per heavy atom. The van der Waals surface area contributed by atoms with Gasteiger partial charge in [0, 0.05) is 0 Å². The van der Waals surface area contributed by atoms with Crippen LogP contribution < -0.4 is 29.6 Å². The number of unbranched alkanes of at least 4 members (excludes halogenated alkanes) is 9. The van der Waals surface area contributed by atoms with Gasteiger partial charge in [0.1, 0.15) is 0 Å². The molecule has 0 rings (SSSR count). The number of rotatable bonds is 15. The molecule has 1 unspecified atom stereocenters. The summed E-state index contributed by atoms with van der Waals surface area (Å²) in [6, 6.07) is 0. The summed E-state index contributed by atoms with van der Waals surface area (Å²) in [7, 11) is -4.89. The van der Waals surface area contributed by atoms with Gasteiger partial charge in [0.05, 0.1) is 6.61 Å². The van der Waals surface area contributed by atoms with Crippen LogP contribution in [0.5, 0.6) is 0 Å². The van der Waals surface area contributed by atoms with Crippen LogP contribution in [-0.2, 0) is 24.1 Å². The Labute approximate surface area is 169 Å². The number of carbonyl (C=O) groups is 1. The average Bonchev–Trinajstić information content (AvgIpc) is 2.49. The van der Waals surface area contributed by atoms with Crippen LogP contribution in [0.25, 0.3) is 0 Å². The van der Waals surface area contributed by atoms with Gasteiger partial charge >= 0.3 is 35.5 Å². The zero-order chi connectivity index (χ0) is 17.6. The second-order valence-corrected chi connectivity index (χ2v) is 6.76. The van der Waals surface area contributed by atoms with Gasteiger partial charge in [-0.25, -0.2) is 13.2 Å². The monoisotopic (exact) mass is 374 g/mol. The number of carbonyl (C=O) groups excluding carboxylic acids is 1. The maximum absolute atomic E-state index is 11.6. The van der Waals surface area contributed by atoms with Crippen molar-refractivity contribution in [2.75, 3.05) is 6.61 Å². The molecule has 0 aliphatic rings. The van der Waals surface area contributed by atoms with Crippen molar-refractivity contribution in [3.05, 3.63) is 0 Å². The first-order valence-electron chi connectivity index (χ1n) is 8.71. The van der Waals surface area contributed by atoms with Crippen molar-refractivity contribution in [3.63, 3.8) is 0 Å². The molecule has 0 fully saturated rings. The van der Waals surface area contributed by atoms with Crippen molar-refractivity contribution in [2.45, 2.75) is 90.6 Å². The third-order valence-electron chi connectivity index (χ3n) is 3.61. The van der Waals surface area contributed by atoms with E-state index in [0.29, 0.717) is 0 Å². The molecule has 0 radical (unpaired) electrons. The predicted octanol–water partition coefficient (Wildman–Crippen LogP) is 0.710. The molecule has 8 heteroatoms. The van der Waals surface area contributed by atoms with Crippen LogP contribution in [0.3, 0.4) is 0 Å². The maximum Gasteiger partial charge on any atom is 1.00 e. The minimum Gasteiger partial charge on any atom is -0.726 e. The molecular weight excluding hydrogens is 343 g/mol. The van der Waals surface area contributed by atoms with Gasteiger partial charge < -0.3 is 9.29 Å². The molecule has 0 aromatic carbocycles. The normalized spacial score (nSPS) is 12.5. The van der Waals surface area contributed by atoms with Crippen molar-refractivity contribution in [3.8, 4) is 0 Å². The van der Waals surface area contributed by atoms with Crippen LogP contribution in [0.1, 0.15) is 84.5 Å². The molecule has 1 atom stereocenters. The van der Waals surface area contributed by atoms with Crippen molar-refractivity contribution in [2.24, 2.45) is 0 Å². The molecule has 0 heterocycles. The summed E-state index contributed by atoms with van der Waals surface area (Å²) in [6.45, 7) is 3.99. The van der Waals surface area contributed by atoms with Gasteiger partial charge in [-0.1, -0.05) is 71.6 Å². The van der Waals surface area contributed by atoms with E-state index < -0.39 is 22.5 Å². The molecule has 24 heavy (non-hydrogen) atoms. The molecule has 0 aliphatic heterocycles. The maximum atomic E-state index is 11.6. The first-order chi connectivity index (χ1) is 10.9. The summed E-state index contributed by atoms with van der Waals surface area (Å²) in [4.78, 5) is 11.6. The molecular formula is C16H31NaO6S. The van der Waals surface area contributed by atoms with Crippen molar-refractivity contribution < 1.29 is 56.2 Å².